The molecule has 3 aliphatic heterocycles. The van der Waals surface area contributed by atoms with E-state index in [9.17, 15) is 24.0 Å². The van der Waals surface area contributed by atoms with E-state index in [0.717, 1.165) is 94.4 Å². The number of nitrogens with one attached hydrogen (secondary N) is 3. The lowest BCUT2D eigenvalue weighted by Crippen LogP contribution is -2.39. The highest BCUT2D eigenvalue weighted by Gasteiger charge is 2.32. The van der Waals surface area contributed by atoms with Gasteiger partial charge in [-0.1, -0.05) is 41.7 Å². The van der Waals surface area contributed by atoms with Crippen molar-refractivity contribution in [1.29, 1.82) is 0 Å². The number of amides is 4. The van der Waals surface area contributed by atoms with Crippen molar-refractivity contribution >= 4 is 84.4 Å². The lowest BCUT2D eigenvalue weighted by atomic mass is 9.92. The number of piperidine rings is 2. The van der Waals surface area contributed by atoms with Gasteiger partial charge in [-0.25, -0.2) is 14.8 Å². The number of carbonyl (C=O) groups is 5. The summed E-state index contributed by atoms with van der Waals surface area (Å²) < 4.78 is 8.69. The number of pyridine rings is 1. The largest absolute Gasteiger partial charge is 0.455 e. The second kappa shape index (κ2) is 21.4. The van der Waals surface area contributed by atoms with Crippen LogP contribution in [0.2, 0.25) is 0 Å². The van der Waals surface area contributed by atoms with Crippen molar-refractivity contribution < 1.29 is 28.7 Å². The summed E-state index contributed by atoms with van der Waals surface area (Å²) in [6.45, 7) is 11.7. The van der Waals surface area contributed by atoms with E-state index in [1.165, 1.54) is 11.3 Å². The third-order valence-corrected chi connectivity index (χ3v) is 15.6. The fraction of sp³-hybridized carbons (Fsp3) is 0.379. The lowest BCUT2D eigenvalue weighted by Gasteiger charge is -2.32. The molecular weight excluding hydrogens is 965 g/mol. The molecular formula is C58H64N10O6S. The maximum atomic E-state index is 14.0. The number of esters is 1. The van der Waals surface area contributed by atoms with Gasteiger partial charge in [-0.05, 0) is 168 Å². The fourth-order valence-corrected chi connectivity index (χ4v) is 11.6. The zero-order valence-corrected chi connectivity index (χ0v) is 44.3. The Bertz CT molecular complexity index is 3320. The summed E-state index contributed by atoms with van der Waals surface area (Å²) in [4.78, 5) is 81.6. The van der Waals surface area contributed by atoms with Gasteiger partial charge in [0.05, 0.1) is 33.9 Å². The topological polar surface area (TPSA) is 184 Å². The standard InChI is InChI=1S/C58H64N10O6S/c1-35-31-39(65(5)27-10-11-36-24-28-67(29-25-36)34-51(70)59-38-16-18-43-47(32-38)66(6)64-52(43)44-21-23-50(69)62-55(44)72)17-19-40(35)41-20-22-49(61-53(41)56(73)74-58(2,3)4)68-30-26-37-12-9-13-42(45(37)33-68)54(71)63-57-60-46-14-7-8-15-48(46)75-57/h7-9,12-20,22,31-32,36,44H,10-11,21,23-30,33-34H2,1-6H3,(H,59,70)(H,60,63,71)(H,62,69,72). The van der Waals surface area contributed by atoms with E-state index in [1.807, 2.05) is 94.5 Å². The van der Waals surface area contributed by atoms with Crippen LogP contribution in [0.1, 0.15) is 108 Å². The van der Waals surface area contributed by atoms with Crippen LogP contribution in [0.3, 0.4) is 0 Å². The van der Waals surface area contributed by atoms with Crippen LogP contribution < -0.4 is 25.8 Å². The van der Waals surface area contributed by atoms with Crippen molar-refractivity contribution in [2.75, 3.05) is 60.2 Å². The predicted octanol–water partition coefficient (Wildman–Crippen LogP) is 9.41. The number of nitrogens with zero attached hydrogens (tertiary/aromatic N) is 7. The average molecular weight is 1030 g/mol. The highest BCUT2D eigenvalue weighted by Crippen LogP contribution is 2.36. The number of carbonyl (C=O) groups excluding carboxylic acids is 5. The summed E-state index contributed by atoms with van der Waals surface area (Å²) in [5, 5.41) is 14.5. The number of imide groups is 1. The molecule has 6 heterocycles. The minimum atomic E-state index is -0.731. The van der Waals surface area contributed by atoms with Crippen molar-refractivity contribution in [1.82, 2.24) is 30.0 Å². The Kier molecular flexibility index (Phi) is 14.5. The van der Waals surface area contributed by atoms with Gasteiger partial charge in [0.25, 0.3) is 5.91 Å². The number of thiazole rings is 1. The third kappa shape index (κ3) is 11.4. The number of ether oxygens (including phenoxy) is 1. The molecule has 3 aliphatic rings. The fourth-order valence-electron chi connectivity index (χ4n) is 10.7. The molecule has 388 valence electrons. The quantitative estimate of drug-likeness (QED) is 0.0694. The number of fused-ring (bicyclic) bond motifs is 3. The smallest absolute Gasteiger partial charge is 0.358 e. The molecule has 16 nitrogen and oxygen atoms in total. The molecule has 0 spiro atoms. The lowest BCUT2D eigenvalue weighted by molar-refractivity contribution is -0.134. The van der Waals surface area contributed by atoms with Gasteiger partial charge in [0, 0.05) is 68.0 Å². The summed E-state index contributed by atoms with van der Waals surface area (Å²) in [7, 11) is 3.94. The van der Waals surface area contributed by atoms with E-state index in [2.05, 4.69) is 79.0 Å². The maximum Gasteiger partial charge on any atom is 0.358 e. The molecule has 0 radical (unpaired) electrons. The number of benzene rings is 4. The average Bonchev–Trinajstić information content (AvgIpc) is 3.95. The molecule has 7 aromatic rings. The summed E-state index contributed by atoms with van der Waals surface area (Å²) in [6.07, 6.45) is 5.64. The van der Waals surface area contributed by atoms with Gasteiger partial charge in [0.2, 0.25) is 17.7 Å². The molecule has 1 atom stereocenters. The molecule has 3 aromatic heterocycles. The molecule has 2 saturated heterocycles. The predicted molar refractivity (Wildman–Crippen MR) is 294 cm³/mol. The van der Waals surface area contributed by atoms with Gasteiger partial charge in [0.15, 0.2) is 10.8 Å². The van der Waals surface area contributed by atoms with Crippen molar-refractivity contribution in [3.63, 3.8) is 0 Å². The van der Waals surface area contributed by atoms with Crippen molar-refractivity contribution in [2.24, 2.45) is 13.0 Å². The number of hydrogen-bond donors (Lipinski definition) is 3. The number of likely N-dealkylation sites (tertiary alicyclic amines) is 1. The van der Waals surface area contributed by atoms with E-state index >= 15 is 0 Å². The Morgan fingerprint density at radius 2 is 1.68 bits per heavy atom. The van der Waals surface area contributed by atoms with Gasteiger partial charge in [-0.3, -0.25) is 39.4 Å². The minimum Gasteiger partial charge on any atom is -0.455 e. The minimum absolute atomic E-state index is 0.0680. The first kappa shape index (κ1) is 51.0. The van der Waals surface area contributed by atoms with Crippen molar-refractivity contribution in [2.45, 2.75) is 90.7 Å². The number of hydrogen-bond acceptors (Lipinski definition) is 13. The zero-order valence-electron chi connectivity index (χ0n) is 43.5. The van der Waals surface area contributed by atoms with Crippen molar-refractivity contribution in [3.05, 3.63) is 125 Å². The number of aromatic nitrogens is 4. The molecule has 4 aromatic carbocycles. The monoisotopic (exact) mass is 1030 g/mol. The molecule has 10 rings (SSSR count). The molecule has 0 saturated carbocycles. The van der Waals surface area contributed by atoms with Gasteiger partial charge < -0.3 is 19.9 Å². The molecule has 3 N–H and O–H groups in total. The van der Waals surface area contributed by atoms with Crippen LogP contribution in [0.15, 0.2) is 91.0 Å². The van der Waals surface area contributed by atoms with Gasteiger partial charge in [-0.15, -0.1) is 0 Å². The highest BCUT2D eigenvalue weighted by atomic mass is 32.1. The van der Waals surface area contributed by atoms with E-state index in [1.54, 1.807) is 4.68 Å². The molecule has 4 amide bonds. The number of rotatable bonds is 14. The Balaban J connectivity index is 0.735. The van der Waals surface area contributed by atoms with Crippen LogP contribution >= 0.6 is 11.3 Å². The number of aryl methyl sites for hydroxylation is 2. The van der Waals surface area contributed by atoms with E-state index in [4.69, 9.17) is 9.72 Å². The second-order valence-corrected chi connectivity index (χ2v) is 22.2. The van der Waals surface area contributed by atoms with E-state index in [-0.39, 0.29) is 35.7 Å². The molecule has 2 fully saturated rings. The summed E-state index contributed by atoms with van der Waals surface area (Å²) >= 11 is 1.45. The maximum absolute atomic E-state index is 14.0. The highest BCUT2D eigenvalue weighted by molar-refractivity contribution is 7.22. The Hall–Kier alpha value is -7.50. The van der Waals surface area contributed by atoms with Crippen LogP contribution in [0, 0.1) is 12.8 Å². The number of anilines is 4. The molecule has 0 bridgehead atoms. The summed E-state index contributed by atoms with van der Waals surface area (Å²) in [6, 6.07) is 29.6. The molecule has 75 heavy (non-hydrogen) atoms. The molecule has 1 unspecified atom stereocenters. The van der Waals surface area contributed by atoms with E-state index in [0.29, 0.717) is 71.9 Å². The third-order valence-electron chi connectivity index (χ3n) is 14.7. The van der Waals surface area contributed by atoms with Gasteiger partial charge in [-0.2, -0.15) is 5.10 Å². The van der Waals surface area contributed by atoms with Gasteiger partial charge in [0.1, 0.15) is 11.4 Å². The van der Waals surface area contributed by atoms with Crippen LogP contribution in [-0.2, 0) is 39.1 Å². The van der Waals surface area contributed by atoms with Crippen molar-refractivity contribution in [3.8, 4) is 11.1 Å². The molecule has 0 aliphatic carbocycles. The molecule has 17 heteroatoms. The summed E-state index contributed by atoms with van der Waals surface area (Å²) in [5.41, 5.74) is 8.82. The zero-order chi connectivity index (χ0) is 52.5. The van der Waals surface area contributed by atoms with Crippen LogP contribution in [0.5, 0.6) is 0 Å². The van der Waals surface area contributed by atoms with Crippen LogP contribution in [0.25, 0.3) is 32.2 Å². The second-order valence-electron chi connectivity index (χ2n) is 21.2. The van der Waals surface area contributed by atoms with Crippen LogP contribution in [0.4, 0.5) is 22.3 Å². The Labute approximate surface area is 440 Å². The first-order chi connectivity index (χ1) is 36.0. The normalized spacial score (nSPS) is 16.5. The summed E-state index contributed by atoms with van der Waals surface area (Å²) in [5.74, 6) is -0.614. The van der Waals surface area contributed by atoms with Crippen LogP contribution in [-0.4, -0.2) is 99.6 Å². The van der Waals surface area contributed by atoms with E-state index < -0.39 is 17.5 Å². The van der Waals surface area contributed by atoms with Gasteiger partial charge >= 0.3 is 5.97 Å². The SMILES string of the molecule is Cc1cc(N(C)CCCC2CCN(CC(=O)Nc3ccc4c(C5CCC(=O)NC5=O)nn(C)c4c3)CC2)ccc1-c1ccc(N2CCc3cccc(C(=O)Nc4nc5ccccc5s4)c3C2)nc1C(=O)OC(C)(C)C. The number of para-hydroxylation sites is 1. The Morgan fingerprint density at radius 3 is 2.45 bits per heavy atom. The first-order valence-electron chi connectivity index (χ1n) is 26.0. The Morgan fingerprint density at radius 1 is 0.880 bits per heavy atom. The first-order valence-corrected chi connectivity index (χ1v) is 26.8.